The van der Waals surface area contributed by atoms with Crippen LogP contribution >= 0.6 is 39.1 Å². The molecular weight excluding hydrogens is 337 g/mol. The van der Waals surface area contributed by atoms with E-state index in [0.717, 1.165) is 18.2 Å². The maximum absolute atomic E-state index is 11.8. The molecule has 1 unspecified atom stereocenters. The van der Waals surface area contributed by atoms with Gasteiger partial charge < -0.3 is 5.32 Å². The van der Waals surface area contributed by atoms with Crippen LogP contribution in [-0.2, 0) is 0 Å². The van der Waals surface area contributed by atoms with E-state index in [-0.39, 0.29) is 5.91 Å². The van der Waals surface area contributed by atoms with Gasteiger partial charge in [-0.05, 0) is 37.0 Å². The molecule has 1 amide bonds. The van der Waals surface area contributed by atoms with Gasteiger partial charge in [0.1, 0.15) is 0 Å². The predicted molar refractivity (Wildman–Crippen MR) is 81.0 cm³/mol. The summed E-state index contributed by atoms with van der Waals surface area (Å²) in [5.74, 6) is 0.520. The van der Waals surface area contributed by atoms with Crippen molar-refractivity contribution >= 4 is 45.0 Å². The summed E-state index contributed by atoms with van der Waals surface area (Å²) in [4.78, 5) is 11.8. The second-order valence-corrected chi connectivity index (χ2v) is 5.75. The fourth-order valence-electron chi connectivity index (χ4n) is 1.47. The third kappa shape index (κ3) is 5.17. The number of hydrogen-bond donors (Lipinski definition) is 1. The van der Waals surface area contributed by atoms with E-state index in [1.54, 1.807) is 18.2 Å². The number of alkyl halides is 1. The zero-order chi connectivity index (χ0) is 13.5. The number of carbonyl (C=O) groups excluding carboxylic acids is 1. The van der Waals surface area contributed by atoms with Crippen molar-refractivity contribution in [1.29, 1.82) is 0 Å². The number of halogens is 3. The molecule has 2 nitrogen and oxygen atoms in total. The molecule has 0 bridgehead atoms. The van der Waals surface area contributed by atoms with Gasteiger partial charge in [0, 0.05) is 17.4 Å². The van der Waals surface area contributed by atoms with E-state index in [0.29, 0.717) is 28.1 Å². The Morgan fingerprint density at radius 1 is 1.39 bits per heavy atom. The number of nitrogens with one attached hydrogen (secondary N) is 1. The van der Waals surface area contributed by atoms with Gasteiger partial charge in [0.2, 0.25) is 0 Å². The minimum Gasteiger partial charge on any atom is -0.352 e. The lowest BCUT2D eigenvalue weighted by Crippen LogP contribution is -2.24. The first-order valence-electron chi connectivity index (χ1n) is 5.83. The molecule has 0 saturated carbocycles. The highest BCUT2D eigenvalue weighted by atomic mass is 79.9. The normalized spacial score (nSPS) is 12.2. The number of hydrogen-bond acceptors (Lipinski definition) is 1. The Morgan fingerprint density at radius 3 is 2.72 bits per heavy atom. The SMILES string of the molecule is CC(CBr)CCCNC(=O)c1ccc(Cl)c(Cl)c1. The molecule has 1 aromatic rings. The van der Waals surface area contributed by atoms with Gasteiger partial charge in [-0.3, -0.25) is 4.79 Å². The van der Waals surface area contributed by atoms with Crippen LogP contribution in [0.2, 0.25) is 10.0 Å². The molecule has 5 heteroatoms. The highest BCUT2D eigenvalue weighted by Gasteiger charge is 2.07. The molecule has 1 aromatic carbocycles. The Labute approximate surface area is 126 Å². The van der Waals surface area contributed by atoms with E-state index in [2.05, 4.69) is 28.2 Å². The standard InChI is InChI=1S/C13H16BrCl2NO/c1-9(8-14)3-2-6-17-13(18)10-4-5-11(15)12(16)7-10/h4-5,7,9H,2-3,6,8H2,1H3,(H,17,18). The summed E-state index contributed by atoms with van der Waals surface area (Å²) < 4.78 is 0. The van der Waals surface area contributed by atoms with Crippen LogP contribution in [0.4, 0.5) is 0 Å². The molecule has 0 spiro atoms. The van der Waals surface area contributed by atoms with Crippen LogP contribution in [-0.4, -0.2) is 17.8 Å². The van der Waals surface area contributed by atoms with Crippen molar-refractivity contribution in [3.63, 3.8) is 0 Å². The summed E-state index contributed by atoms with van der Waals surface area (Å²) in [6.07, 6.45) is 2.06. The van der Waals surface area contributed by atoms with E-state index in [1.165, 1.54) is 0 Å². The molecule has 0 radical (unpaired) electrons. The molecule has 0 aliphatic carbocycles. The Kier molecular flexibility index (Phi) is 7.05. The van der Waals surface area contributed by atoms with Gasteiger partial charge in [-0.1, -0.05) is 46.1 Å². The maximum atomic E-state index is 11.8. The zero-order valence-electron chi connectivity index (χ0n) is 10.2. The van der Waals surface area contributed by atoms with E-state index in [1.807, 2.05) is 0 Å². The minimum atomic E-state index is -0.111. The van der Waals surface area contributed by atoms with E-state index in [9.17, 15) is 4.79 Å². The lowest BCUT2D eigenvalue weighted by atomic mass is 10.1. The van der Waals surface area contributed by atoms with Crippen molar-refractivity contribution in [1.82, 2.24) is 5.32 Å². The van der Waals surface area contributed by atoms with Gasteiger partial charge in [-0.2, -0.15) is 0 Å². The average Bonchev–Trinajstić information content (AvgIpc) is 2.37. The molecular formula is C13H16BrCl2NO. The first kappa shape index (κ1) is 15.8. The fraction of sp³-hybridized carbons (Fsp3) is 0.462. The minimum absolute atomic E-state index is 0.111. The average molecular weight is 353 g/mol. The van der Waals surface area contributed by atoms with Crippen molar-refractivity contribution in [2.24, 2.45) is 5.92 Å². The second-order valence-electron chi connectivity index (χ2n) is 4.29. The summed E-state index contributed by atoms with van der Waals surface area (Å²) in [7, 11) is 0. The molecule has 0 saturated heterocycles. The highest BCUT2D eigenvalue weighted by Crippen LogP contribution is 2.22. The largest absolute Gasteiger partial charge is 0.352 e. The number of rotatable bonds is 6. The van der Waals surface area contributed by atoms with Crippen molar-refractivity contribution in [2.45, 2.75) is 19.8 Å². The van der Waals surface area contributed by atoms with Crippen molar-refractivity contribution in [2.75, 3.05) is 11.9 Å². The van der Waals surface area contributed by atoms with Crippen LogP contribution in [0, 0.1) is 5.92 Å². The van der Waals surface area contributed by atoms with Crippen LogP contribution in [0.3, 0.4) is 0 Å². The molecule has 18 heavy (non-hydrogen) atoms. The Morgan fingerprint density at radius 2 is 2.11 bits per heavy atom. The first-order chi connectivity index (χ1) is 8.54. The van der Waals surface area contributed by atoms with Crippen molar-refractivity contribution < 1.29 is 4.79 Å². The van der Waals surface area contributed by atoms with E-state index >= 15 is 0 Å². The Bertz CT molecular complexity index is 412. The number of benzene rings is 1. The summed E-state index contributed by atoms with van der Waals surface area (Å²) in [6, 6.07) is 4.89. The van der Waals surface area contributed by atoms with Gasteiger partial charge in [0.05, 0.1) is 10.0 Å². The monoisotopic (exact) mass is 351 g/mol. The van der Waals surface area contributed by atoms with Crippen molar-refractivity contribution in [3.8, 4) is 0 Å². The summed E-state index contributed by atoms with van der Waals surface area (Å²) in [6.45, 7) is 2.85. The lowest BCUT2D eigenvalue weighted by Gasteiger charge is -2.08. The van der Waals surface area contributed by atoms with Crippen LogP contribution < -0.4 is 5.32 Å². The van der Waals surface area contributed by atoms with E-state index in [4.69, 9.17) is 23.2 Å². The fourth-order valence-corrected chi connectivity index (χ4v) is 2.09. The summed E-state index contributed by atoms with van der Waals surface area (Å²) in [5.41, 5.74) is 0.540. The van der Waals surface area contributed by atoms with Crippen LogP contribution in [0.25, 0.3) is 0 Å². The second kappa shape index (κ2) is 8.03. The quantitative estimate of drug-likeness (QED) is 0.591. The lowest BCUT2D eigenvalue weighted by molar-refractivity contribution is 0.0952. The predicted octanol–water partition coefficient (Wildman–Crippen LogP) is 4.53. The number of carbonyl (C=O) groups is 1. The Hall–Kier alpha value is -0.250. The van der Waals surface area contributed by atoms with Gasteiger partial charge in [0.15, 0.2) is 0 Å². The topological polar surface area (TPSA) is 29.1 Å². The van der Waals surface area contributed by atoms with Gasteiger partial charge in [-0.15, -0.1) is 0 Å². The third-order valence-corrected chi connectivity index (χ3v) is 4.45. The van der Waals surface area contributed by atoms with Gasteiger partial charge in [-0.25, -0.2) is 0 Å². The molecule has 0 aliphatic rings. The Balaban J connectivity index is 2.39. The molecule has 1 atom stereocenters. The van der Waals surface area contributed by atoms with Crippen molar-refractivity contribution in [3.05, 3.63) is 33.8 Å². The molecule has 0 heterocycles. The molecule has 100 valence electrons. The molecule has 0 fully saturated rings. The van der Waals surface area contributed by atoms with E-state index < -0.39 is 0 Å². The first-order valence-corrected chi connectivity index (χ1v) is 7.71. The molecule has 0 aliphatic heterocycles. The molecule has 1 rings (SSSR count). The van der Waals surface area contributed by atoms with Crippen LogP contribution in [0.15, 0.2) is 18.2 Å². The van der Waals surface area contributed by atoms with Crippen LogP contribution in [0.5, 0.6) is 0 Å². The third-order valence-electron chi connectivity index (χ3n) is 2.60. The molecule has 1 N–H and O–H groups in total. The van der Waals surface area contributed by atoms with Crippen LogP contribution in [0.1, 0.15) is 30.1 Å². The van der Waals surface area contributed by atoms with Gasteiger partial charge in [0.25, 0.3) is 5.91 Å². The summed E-state index contributed by atoms with van der Waals surface area (Å²) in [5, 5.41) is 4.72. The number of amides is 1. The highest BCUT2D eigenvalue weighted by molar-refractivity contribution is 9.09. The maximum Gasteiger partial charge on any atom is 0.251 e. The smallest absolute Gasteiger partial charge is 0.251 e. The summed E-state index contributed by atoms with van der Waals surface area (Å²) >= 11 is 15.1. The molecule has 0 aromatic heterocycles. The van der Waals surface area contributed by atoms with Gasteiger partial charge >= 0.3 is 0 Å². The zero-order valence-corrected chi connectivity index (χ0v) is 13.3.